The van der Waals surface area contributed by atoms with E-state index in [1.807, 2.05) is 6.07 Å². The summed E-state index contributed by atoms with van der Waals surface area (Å²) in [5.74, 6) is -3.80. The highest BCUT2D eigenvalue weighted by Gasteiger charge is 2.45. The van der Waals surface area contributed by atoms with Gasteiger partial charge in [0.2, 0.25) is 21.8 Å². The van der Waals surface area contributed by atoms with E-state index in [2.05, 4.69) is 10.0 Å². The molecule has 0 saturated carbocycles. The quantitative estimate of drug-likeness (QED) is 0.307. The first-order valence-electron chi connectivity index (χ1n) is 15.7. The lowest BCUT2D eigenvalue weighted by Gasteiger charge is -2.43. The number of ketones is 1. The Balaban J connectivity index is 1.50. The molecule has 0 spiro atoms. The number of carbonyl (C=O) groups excluding carboxylic acids is 6. The Morgan fingerprint density at radius 2 is 1.67 bits per heavy atom. The minimum absolute atomic E-state index is 0.0800. The van der Waals surface area contributed by atoms with Crippen LogP contribution in [0.2, 0.25) is 0 Å². The number of Topliss-reactive ketones (excluding diaryl/α,β-unsaturated/α-hetero) is 1. The van der Waals surface area contributed by atoms with E-state index in [9.17, 15) is 37.2 Å². The first kappa shape index (κ1) is 37.0. The van der Waals surface area contributed by atoms with Crippen molar-refractivity contribution in [2.24, 2.45) is 0 Å². The van der Waals surface area contributed by atoms with Crippen LogP contribution in [0.3, 0.4) is 0 Å². The van der Waals surface area contributed by atoms with Crippen LogP contribution in [-0.4, -0.2) is 97.0 Å². The average Bonchev–Trinajstić information content (AvgIpc) is 3.14. The number of para-hydroxylation sites is 1. The number of hydrogen-bond donors (Lipinski definition) is 2. The SMILES string of the molecule is CC(C)(C)OC(=O)CC(NC(=O)C1CCCN2C(=O)CCC(NS(C)(=O)=O)C(=O)N12)C(=O)COC(=O)c1cccc(Oc2ccccc2)c1. The fraction of sp³-hybridized carbons (Fsp3) is 0.455. The summed E-state index contributed by atoms with van der Waals surface area (Å²) in [5.41, 5.74) is -0.837. The van der Waals surface area contributed by atoms with Crippen molar-refractivity contribution in [3.05, 3.63) is 60.2 Å². The molecule has 15 nitrogen and oxygen atoms in total. The molecule has 2 heterocycles. The molecule has 2 aliphatic rings. The zero-order valence-electron chi connectivity index (χ0n) is 27.7. The standard InChI is InChI=1S/C33H40N4O11S/c1-33(2,3)48-29(40)19-25(27(38)20-46-32(43)21-10-8-13-23(18-21)47-22-11-6-5-7-12-22)34-30(41)26-14-9-17-36-28(39)16-15-24(31(42)37(26)36)35-49(4,44)45/h5-8,10-13,18,24-26,35H,9,14-17,19-20H2,1-4H3,(H,34,41). The Morgan fingerprint density at radius 1 is 0.980 bits per heavy atom. The van der Waals surface area contributed by atoms with E-state index < -0.39 is 82.2 Å². The van der Waals surface area contributed by atoms with E-state index in [4.69, 9.17) is 14.2 Å². The number of benzene rings is 2. The lowest BCUT2D eigenvalue weighted by atomic mass is 10.0. The third-order valence-electron chi connectivity index (χ3n) is 7.41. The fourth-order valence-corrected chi connectivity index (χ4v) is 6.07. The van der Waals surface area contributed by atoms with Crippen molar-refractivity contribution in [2.75, 3.05) is 19.4 Å². The summed E-state index contributed by atoms with van der Waals surface area (Å²) < 4.78 is 42.5. The Kier molecular flexibility index (Phi) is 11.8. The van der Waals surface area contributed by atoms with Gasteiger partial charge in [0, 0.05) is 13.0 Å². The highest BCUT2D eigenvalue weighted by Crippen LogP contribution is 2.26. The van der Waals surface area contributed by atoms with Gasteiger partial charge in [-0.25, -0.2) is 22.9 Å². The summed E-state index contributed by atoms with van der Waals surface area (Å²) in [7, 11) is -3.85. The van der Waals surface area contributed by atoms with Gasteiger partial charge in [0.15, 0.2) is 12.4 Å². The van der Waals surface area contributed by atoms with Gasteiger partial charge in [-0.3, -0.25) is 29.0 Å². The molecule has 2 N–H and O–H groups in total. The largest absolute Gasteiger partial charge is 0.460 e. The number of hydrazine groups is 1. The molecule has 2 aromatic rings. The van der Waals surface area contributed by atoms with Crippen LogP contribution in [0.5, 0.6) is 11.5 Å². The summed E-state index contributed by atoms with van der Waals surface area (Å²) in [6.45, 7) is 4.16. The molecule has 2 fully saturated rings. The smallest absolute Gasteiger partial charge is 0.338 e. The molecule has 2 saturated heterocycles. The van der Waals surface area contributed by atoms with Crippen LogP contribution in [0.15, 0.2) is 54.6 Å². The highest BCUT2D eigenvalue weighted by atomic mass is 32.2. The Labute approximate surface area is 284 Å². The monoisotopic (exact) mass is 700 g/mol. The number of ether oxygens (including phenoxy) is 3. The van der Waals surface area contributed by atoms with Gasteiger partial charge in [0.05, 0.1) is 18.2 Å². The molecule has 3 atom stereocenters. The van der Waals surface area contributed by atoms with Gasteiger partial charge in [-0.2, -0.15) is 0 Å². The lowest BCUT2D eigenvalue weighted by Crippen LogP contribution is -2.64. The van der Waals surface area contributed by atoms with Crippen LogP contribution in [0, 0.1) is 0 Å². The van der Waals surface area contributed by atoms with Gasteiger partial charge in [0.25, 0.3) is 5.91 Å². The molecule has 49 heavy (non-hydrogen) atoms. The average molecular weight is 701 g/mol. The van der Waals surface area contributed by atoms with Crippen molar-refractivity contribution < 1.29 is 51.4 Å². The molecule has 16 heteroatoms. The minimum atomic E-state index is -3.85. The number of rotatable bonds is 12. The molecule has 3 unspecified atom stereocenters. The van der Waals surface area contributed by atoms with Crippen LogP contribution in [0.4, 0.5) is 0 Å². The maximum Gasteiger partial charge on any atom is 0.338 e. The van der Waals surface area contributed by atoms with E-state index in [1.54, 1.807) is 57.2 Å². The van der Waals surface area contributed by atoms with Crippen molar-refractivity contribution in [3.63, 3.8) is 0 Å². The normalized spacial score (nSPS) is 18.9. The van der Waals surface area contributed by atoms with E-state index >= 15 is 0 Å². The van der Waals surface area contributed by atoms with Crippen molar-refractivity contribution in [2.45, 2.75) is 76.6 Å². The van der Waals surface area contributed by atoms with Gasteiger partial charge in [-0.15, -0.1) is 0 Å². The molecule has 0 aliphatic carbocycles. The van der Waals surface area contributed by atoms with Gasteiger partial charge in [-0.1, -0.05) is 24.3 Å². The zero-order valence-corrected chi connectivity index (χ0v) is 28.5. The second kappa shape index (κ2) is 15.6. The molecule has 0 radical (unpaired) electrons. The maximum atomic E-state index is 13.7. The van der Waals surface area contributed by atoms with E-state index in [0.29, 0.717) is 17.9 Å². The molecule has 0 bridgehead atoms. The second-order valence-corrected chi connectivity index (χ2v) is 14.5. The van der Waals surface area contributed by atoms with Crippen molar-refractivity contribution in [3.8, 4) is 11.5 Å². The number of amides is 3. The maximum absolute atomic E-state index is 13.7. The van der Waals surface area contributed by atoms with Gasteiger partial charge in [-0.05, 0) is 70.4 Å². The van der Waals surface area contributed by atoms with Crippen LogP contribution >= 0.6 is 0 Å². The lowest BCUT2D eigenvalue weighted by molar-refractivity contribution is -0.176. The highest BCUT2D eigenvalue weighted by molar-refractivity contribution is 7.88. The number of nitrogens with one attached hydrogen (secondary N) is 2. The van der Waals surface area contributed by atoms with Gasteiger partial charge < -0.3 is 19.5 Å². The topological polar surface area (TPSA) is 195 Å². The summed E-state index contributed by atoms with van der Waals surface area (Å²) in [5, 5.41) is 4.52. The summed E-state index contributed by atoms with van der Waals surface area (Å²) >= 11 is 0. The number of sulfonamides is 1. The van der Waals surface area contributed by atoms with Crippen molar-refractivity contribution in [1.29, 1.82) is 0 Å². The Hall–Kier alpha value is -4.83. The zero-order chi connectivity index (χ0) is 35.9. The molecule has 3 amide bonds. The van der Waals surface area contributed by atoms with Crippen molar-refractivity contribution >= 4 is 45.5 Å². The number of esters is 2. The third-order valence-corrected chi connectivity index (χ3v) is 8.12. The van der Waals surface area contributed by atoms with Crippen LogP contribution in [-0.2, 0) is 43.5 Å². The van der Waals surface area contributed by atoms with Gasteiger partial charge >= 0.3 is 11.9 Å². The second-order valence-electron chi connectivity index (χ2n) is 12.7. The minimum Gasteiger partial charge on any atom is -0.460 e. The summed E-state index contributed by atoms with van der Waals surface area (Å²) in [6.07, 6.45) is 0.403. The van der Waals surface area contributed by atoms with Gasteiger partial charge in [0.1, 0.15) is 35.2 Å². The van der Waals surface area contributed by atoms with Crippen LogP contribution < -0.4 is 14.8 Å². The Bertz CT molecular complexity index is 1690. The number of nitrogens with zero attached hydrogens (tertiary/aromatic N) is 2. The number of carbonyl (C=O) groups is 6. The third kappa shape index (κ3) is 10.6. The molecule has 0 aromatic heterocycles. The first-order valence-corrected chi connectivity index (χ1v) is 17.6. The first-order chi connectivity index (χ1) is 23.0. The molecular formula is C33H40N4O11S. The molecule has 2 aromatic carbocycles. The van der Waals surface area contributed by atoms with E-state index in [0.717, 1.165) is 16.3 Å². The molecule has 264 valence electrons. The summed E-state index contributed by atoms with van der Waals surface area (Å²) in [4.78, 5) is 79.3. The summed E-state index contributed by atoms with van der Waals surface area (Å²) in [6, 6.07) is 10.8. The van der Waals surface area contributed by atoms with Crippen molar-refractivity contribution in [1.82, 2.24) is 20.1 Å². The fourth-order valence-electron chi connectivity index (χ4n) is 5.33. The predicted molar refractivity (Wildman–Crippen MR) is 173 cm³/mol. The number of fused-ring (bicyclic) bond motifs is 1. The van der Waals surface area contributed by atoms with E-state index in [1.165, 1.54) is 12.1 Å². The molecular weight excluding hydrogens is 660 g/mol. The van der Waals surface area contributed by atoms with E-state index in [-0.39, 0.29) is 31.4 Å². The van der Waals surface area contributed by atoms with Crippen LogP contribution in [0.1, 0.15) is 63.2 Å². The molecule has 4 rings (SSSR count). The molecule has 2 aliphatic heterocycles. The van der Waals surface area contributed by atoms with Crippen LogP contribution in [0.25, 0.3) is 0 Å². The number of hydrogen-bond acceptors (Lipinski definition) is 11. The Morgan fingerprint density at radius 3 is 2.35 bits per heavy atom. The predicted octanol–water partition coefficient (Wildman–Crippen LogP) is 1.87.